The number of nitrogens with zero attached hydrogens (tertiary/aromatic N) is 4. The molecule has 1 aromatic heterocycles. The number of carbonyl (C=O) groups excluding carboxylic acids is 1. The summed E-state index contributed by atoms with van der Waals surface area (Å²) in [4.78, 5) is 39.5. The number of aliphatic carboxylic acids is 2. The molecule has 1 saturated heterocycles. The molecule has 1 fully saturated rings. The molecule has 0 bridgehead atoms. The van der Waals surface area contributed by atoms with Crippen LogP contribution in [0.25, 0.3) is 0 Å². The van der Waals surface area contributed by atoms with Crippen LogP contribution in [0.1, 0.15) is 38.1 Å². The van der Waals surface area contributed by atoms with Gasteiger partial charge in [0, 0.05) is 45.1 Å². The highest BCUT2D eigenvalue weighted by Gasteiger charge is 2.47. The first-order valence-corrected chi connectivity index (χ1v) is 13.0. The Balaban J connectivity index is 0.000000384. The first-order valence-electron chi connectivity index (χ1n) is 13.0. The predicted octanol–water partition coefficient (Wildman–Crippen LogP) is 4.05. The van der Waals surface area contributed by atoms with Crippen molar-refractivity contribution in [3.05, 3.63) is 53.9 Å². The number of alkyl halides is 6. The van der Waals surface area contributed by atoms with Crippen LogP contribution in [0.15, 0.2) is 36.7 Å². The Bertz CT molecular complexity index is 1200. The number of fused-ring (bicyclic) bond motifs is 2. The maximum Gasteiger partial charge on any atom is 0.490 e. The Hall–Kier alpha value is -3.73. The SMILES string of the molecule is CCN(CC)C(=O)C1Cn2ccnc2C2(CCN(Cc3ccc(F)cc3)CC2)O1.O=C(O)C(F)(F)F.O=C(O)C(F)(F)F. The summed E-state index contributed by atoms with van der Waals surface area (Å²) >= 11 is 0. The molecule has 2 aliphatic rings. The van der Waals surface area contributed by atoms with Gasteiger partial charge in [-0.25, -0.2) is 19.0 Å². The number of hydrogen-bond acceptors (Lipinski definition) is 6. The molecule has 0 saturated carbocycles. The van der Waals surface area contributed by atoms with Crippen molar-refractivity contribution in [2.75, 3.05) is 26.2 Å². The van der Waals surface area contributed by atoms with Gasteiger partial charge in [-0.15, -0.1) is 0 Å². The predicted molar refractivity (Wildman–Crippen MR) is 135 cm³/mol. The van der Waals surface area contributed by atoms with Crippen molar-refractivity contribution in [2.45, 2.75) is 63.8 Å². The quantitative estimate of drug-likeness (QED) is 0.476. The molecule has 3 heterocycles. The lowest BCUT2D eigenvalue weighted by atomic mass is 9.88. The molecular formula is C26H31F7N4O6. The summed E-state index contributed by atoms with van der Waals surface area (Å²) in [5.74, 6) is -4.73. The summed E-state index contributed by atoms with van der Waals surface area (Å²) in [5, 5.41) is 14.2. The van der Waals surface area contributed by atoms with Crippen molar-refractivity contribution in [3.8, 4) is 0 Å². The molecule has 0 radical (unpaired) electrons. The number of imidazole rings is 1. The Labute approximate surface area is 241 Å². The fraction of sp³-hybridized carbons (Fsp3) is 0.538. The normalized spacial score (nSPS) is 17.9. The third kappa shape index (κ3) is 9.91. The van der Waals surface area contributed by atoms with Crippen LogP contribution in [0.2, 0.25) is 0 Å². The molecule has 2 aliphatic heterocycles. The number of aromatic nitrogens is 2. The third-order valence-electron chi connectivity index (χ3n) is 6.67. The molecule has 1 spiro atoms. The van der Waals surface area contributed by atoms with Gasteiger partial charge in [0.05, 0.1) is 6.54 Å². The van der Waals surface area contributed by atoms with Gasteiger partial charge in [0.25, 0.3) is 5.91 Å². The smallest absolute Gasteiger partial charge is 0.475 e. The molecule has 2 aromatic rings. The van der Waals surface area contributed by atoms with Gasteiger partial charge in [-0.2, -0.15) is 26.3 Å². The van der Waals surface area contributed by atoms with Gasteiger partial charge in [-0.3, -0.25) is 9.69 Å². The van der Waals surface area contributed by atoms with Crippen LogP contribution in [-0.2, 0) is 37.8 Å². The number of piperidine rings is 1. The molecule has 43 heavy (non-hydrogen) atoms. The summed E-state index contributed by atoms with van der Waals surface area (Å²) < 4.78 is 85.2. The second-order valence-corrected chi connectivity index (χ2v) is 9.52. The molecule has 1 atom stereocenters. The van der Waals surface area contributed by atoms with E-state index in [0.717, 1.165) is 43.9 Å². The van der Waals surface area contributed by atoms with Gasteiger partial charge in [-0.1, -0.05) is 12.1 Å². The fourth-order valence-corrected chi connectivity index (χ4v) is 4.53. The highest BCUT2D eigenvalue weighted by atomic mass is 19.4. The van der Waals surface area contributed by atoms with Crippen molar-refractivity contribution in [1.82, 2.24) is 19.4 Å². The van der Waals surface area contributed by atoms with E-state index in [2.05, 4.69) is 14.5 Å². The van der Waals surface area contributed by atoms with Gasteiger partial charge in [-0.05, 0) is 44.4 Å². The molecule has 4 rings (SSSR count). The van der Waals surface area contributed by atoms with Crippen molar-refractivity contribution < 1.29 is 60.1 Å². The van der Waals surface area contributed by atoms with Crippen molar-refractivity contribution in [1.29, 1.82) is 0 Å². The van der Waals surface area contributed by atoms with Crippen LogP contribution in [0.4, 0.5) is 30.7 Å². The average molecular weight is 629 g/mol. The second-order valence-electron chi connectivity index (χ2n) is 9.52. The van der Waals surface area contributed by atoms with E-state index in [1.165, 1.54) is 12.1 Å². The zero-order valence-corrected chi connectivity index (χ0v) is 23.2. The molecular weight excluding hydrogens is 597 g/mol. The minimum atomic E-state index is -5.08. The molecule has 1 unspecified atom stereocenters. The van der Waals surface area contributed by atoms with Crippen molar-refractivity contribution >= 4 is 17.8 Å². The topological polar surface area (TPSA) is 125 Å². The van der Waals surface area contributed by atoms with E-state index in [0.29, 0.717) is 19.6 Å². The molecule has 240 valence electrons. The first kappa shape index (κ1) is 35.5. The van der Waals surface area contributed by atoms with Crippen LogP contribution < -0.4 is 0 Å². The lowest BCUT2D eigenvalue weighted by Gasteiger charge is -2.46. The number of likely N-dealkylation sites (tertiary alicyclic amines) is 1. The summed E-state index contributed by atoms with van der Waals surface area (Å²) in [6.07, 6.45) is -5.32. The summed E-state index contributed by atoms with van der Waals surface area (Å²) in [6.45, 7) is 8.35. The number of benzene rings is 1. The number of carboxylic acid groups (broad SMARTS) is 2. The summed E-state index contributed by atoms with van der Waals surface area (Å²) in [5.41, 5.74) is 0.581. The Morgan fingerprint density at radius 2 is 1.47 bits per heavy atom. The summed E-state index contributed by atoms with van der Waals surface area (Å²) in [7, 11) is 0. The zero-order chi connectivity index (χ0) is 32.6. The van der Waals surface area contributed by atoms with Gasteiger partial charge in [0.1, 0.15) is 17.2 Å². The van der Waals surface area contributed by atoms with E-state index in [1.807, 2.05) is 37.1 Å². The first-order chi connectivity index (χ1) is 19.9. The maximum absolute atomic E-state index is 13.2. The van der Waals surface area contributed by atoms with E-state index in [4.69, 9.17) is 24.5 Å². The Morgan fingerprint density at radius 1 is 0.977 bits per heavy atom. The van der Waals surface area contributed by atoms with E-state index < -0.39 is 36.0 Å². The lowest BCUT2D eigenvalue weighted by molar-refractivity contribution is -0.193. The number of amides is 1. The molecule has 1 aromatic carbocycles. The zero-order valence-electron chi connectivity index (χ0n) is 23.2. The third-order valence-corrected chi connectivity index (χ3v) is 6.67. The van der Waals surface area contributed by atoms with Crippen LogP contribution in [-0.4, -0.2) is 92.0 Å². The van der Waals surface area contributed by atoms with E-state index in [1.54, 1.807) is 6.20 Å². The monoisotopic (exact) mass is 628 g/mol. The van der Waals surface area contributed by atoms with Crippen LogP contribution in [0.3, 0.4) is 0 Å². The van der Waals surface area contributed by atoms with Gasteiger partial charge in [0.15, 0.2) is 6.10 Å². The van der Waals surface area contributed by atoms with Gasteiger partial charge >= 0.3 is 24.3 Å². The Kier molecular flexibility index (Phi) is 12.1. The molecule has 17 heteroatoms. The Morgan fingerprint density at radius 3 is 1.91 bits per heavy atom. The van der Waals surface area contributed by atoms with E-state index >= 15 is 0 Å². The number of hydrogen-bond donors (Lipinski definition) is 2. The fourth-order valence-electron chi connectivity index (χ4n) is 4.53. The minimum Gasteiger partial charge on any atom is -0.475 e. The van der Waals surface area contributed by atoms with Crippen LogP contribution >= 0.6 is 0 Å². The van der Waals surface area contributed by atoms with Gasteiger partial charge < -0.3 is 24.4 Å². The highest BCUT2D eigenvalue weighted by molar-refractivity contribution is 5.81. The number of ether oxygens (including phenoxy) is 1. The molecule has 2 N–H and O–H groups in total. The highest BCUT2D eigenvalue weighted by Crippen LogP contribution is 2.40. The maximum atomic E-state index is 13.2. The lowest BCUT2D eigenvalue weighted by Crippen LogP contribution is -2.54. The van der Waals surface area contributed by atoms with Crippen LogP contribution in [0, 0.1) is 5.82 Å². The van der Waals surface area contributed by atoms with Crippen LogP contribution in [0.5, 0.6) is 0 Å². The largest absolute Gasteiger partial charge is 0.490 e. The summed E-state index contributed by atoms with van der Waals surface area (Å²) in [6, 6.07) is 6.68. The van der Waals surface area contributed by atoms with Crippen molar-refractivity contribution in [3.63, 3.8) is 0 Å². The van der Waals surface area contributed by atoms with Crippen molar-refractivity contribution in [2.24, 2.45) is 0 Å². The van der Waals surface area contributed by atoms with E-state index in [-0.39, 0.29) is 11.7 Å². The second kappa shape index (κ2) is 14.6. The molecule has 1 amide bonds. The number of likely N-dealkylation sites (N-methyl/N-ethyl adjacent to an activating group) is 1. The number of carboxylic acids is 2. The number of halogens is 7. The molecule has 10 nitrogen and oxygen atoms in total. The molecule has 0 aliphatic carbocycles. The minimum absolute atomic E-state index is 0.0578. The standard InChI is InChI=1S/C22H29FN4O2.2C2HF3O2/c1-3-26(4-2)20(28)19-16-27-14-11-24-21(27)22(29-19)9-12-25(13-10-22)15-17-5-7-18(23)8-6-17;2*3-2(4,5)1(6)7/h5-8,11,14,19H,3-4,9-10,12-13,15-16H2,1-2H3;2*(H,6,7). The number of rotatable bonds is 5. The number of carbonyl (C=O) groups is 3. The average Bonchev–Trinajstić information content (AvgIpc) is 3.41. The van der Waals surface area contributed by atoms with E-state index in [9.17, 15) is 35.5 Å². The van der Waals surface area contributed by atoms with Gasteiger partial charge in [0.2, 0.25) is 0 Å².